The fraction of sp³-hybridized carbons (Fsp3) is 0.357. The molecule has 2 aromatic rings. The summed E-state index contributed by atoms with van der Waals surface area (Å²) in [6, 6.07) is 2.56. The normalized spacial score (nSPS) is 13.4. The smallest absolute Gasteiger partial charge is 0.305 e. The van der Waals surface area contributed by atoms with E-state index < -0.39 is 23.6 Å². The lowest BCUT2D eigenvalue weighted by Gasteiger charge is -2.18. The second-order valence-corrected chi connectivity index (χ2v) is 5.58. The maximum Gasteiger partial charge on any atom is 0.419 e. The number of nitrogens with one attached hydrogen (secondary N) is 1. The molecule has 1 aromatic carbocycles. The molecule has 0 bridgehead atoms. The topological polar surface area (TPSA) is 24.9 Å². The Morgan fingerprint density at radius 3 is 2.57 bits per heavy atom. The van der Waals surface area contributed by atoms with E-state index in [-0.39, 0.29) is 0 Å². The van der Waals surface area contributed by atoms with Gasteiger partial charge in [-0.25, -0.2) is 9.37 Å². The number of rotatable bonds is 4. The standard InChI is InChI=1S/C14H14F4N2S/c1-3-19-13(12-7-21-8(2)20-12)9-4-5-11(15)10(6-9)14(16,17)18/h4-7,13,19H,3H2,1-2H3. The first-order valence-corrected chi connectivity index (χ1v) is 7.23. The van der Waals surface area contributed by atoms with Crippen LogP contribution in [0.4, 0.5) is 17.6 Å². The molecule has 0 radical (unpaired) electrons. The number of aryl methyl sites for hydroxylation is 1. The first kappa shape index (κ1) is 15.9. The molecule has 21 heavy (non-hydrogen) atoms. The van der Waals surface area contributed by atoms with E-state index in [1.54, 1.807) is 5.38 Å². The van der Waals surface area contributed by atoms with Crippen LogP contribution < -0.4 is 5.32 Å². The van der Waals surface area contributed by atoms with Crippen LogP contribution in [0.5, 0.6) is 0 Å². The molecule has 1 atom stereocenters. The quantitative estimate of drug-likeness (QED) is 0.850. The summed E-state index contributed by atoms with van der Waals surface area (Å²) in [4.78, 5) is 4.30. The van der Waals surface area contributed by atoms with Crippen molar-refractivity contribution in [3.63, 3.8) is 0 Å². The second kappa shape index (κ2) is 6.11. The number of benzene rings is 1. The molecule has 7 heteroatoms. The van der Waals surface area contributed by atoms with Gasteiger partial charge >= 0.3 is 6.18 Å². The number of alkyl halides is 3. The second-order valence-electron chi connectivity index (χ2n) is 4.52. The SMILES string of the molecule is CCNC(c1ccc(F)c(C(F)(F)F)c1)c1csc(C)n1. The minimum Gasteiger partial charge on any atom is -0.305 e. The molecule has 0 amide bonds. The highest BCUT2D eigenvalue weighted by atomic mass is 32.1. The number of thiazole rings is 1. The van der Waals surface area contributed by atoms with E-state index in [4.69, 9.17) is 0 Å². The molecule has 2 nitrogen and oxygen atoms in total. The minimum atomic E-state index is -4.71. The molecule has 1 aromatic heterocycles. The zero-order chi connectivity index (χ0) is 15.6. The number of halogens is 4. The molecule has 0 aliphatic rings. The van der Waals surface area contributed by atoms with Crippen LogP contribution in [0.25, 0.3) is 0 Å². The van der Waals surface area contributed by atoms with Gasteiger partial charge in [-0.15, -0.1) is 11.3 Å². The predicted molar refractivity (Wildman–Crippen MR) is 73.8 cm³/mol. The Bertz CT molecular complexity index is 622. The van der Waals surface area contributed by atoms with Gasteiger partial charge in [0, 0.05) is 5.38 Å². The molecule has 0 fully saturated rings. The van der Waals surface area contributed by atoms with Crippen LogP contribution in [0.3, 0.4) is 0 Å². The maximum atomic E-state index is 13.4. The van der Waals surface area contributed by atoms with Crippen LogP contribution in [0.15, 0.2) is 23.6 Å². The van der Waals surface area contributed by atoms with Crippen LogP contribution in [0.1, 0.15) is 34.8 Å². The summed E-state index contributed by atoms with van der Waals surface area (Å²) < 4.78 is 51.8. The van der Waals surface area contributed by atoms with Crippen molar-refractivity contribution >= 4 is 11.3 Å². The molecule has 0 saturated carbocycles. The Morgan fingerprint density at radius 1 is 1.33 bits per heavy atom. The van der Waals surface area contributed by atoms with Crippen molar-refractivity contribution in [2.24, 2.45) is 0 Å². The van der Waals surface area contributed by atoms with Gasteiger partial charge in [0.05, 0.1) is 22.3 Å². The van der Waals surface area contributed by atoms with Gasteiger partial charge in [-0.05, 0) is 31.2 Å². The Balaban J connectivity index is 2.46. The Kier molecular flexibility index (Phi) is 4.63. The van der Waals surface area contributed by atoms with Gasteiger partial charge in [0.25, 0.3) is 0 Å². The van der Waals surface area contributed by atoms with Crippen molar-refractivity contribution in [3.8, 4) is 0 Å². The van der Waals surface area contributed by atoms with Crippen LogP contribution in [-0.4, -0.2) is 11.5 Å². The lowest BCUT2D eigenvalue weighted by molar-refractivity contribution is -0.140. The van der Waals surface area contributed by atoms with E-state index in [1.165, 1.54) is 17.4 Å². The van der Waals surface area contributed by atoms with E-state index in [9.17, 15) is 17.6 Å². The van der Waals surface area contributed by atoms with E-state index in [1.807, 2.05) is 13.8 Å². The van der Waals surface area contributed by atoms with Crippen LogP contribution in [0.2, 0.25) is 0 Å². The van der Waals surface area contributed by atoms with Crippen molar-refractivity contribution in [2.75, 3.05) is 6.54 Å². The van der Waals surface area contributed by atoms with E-state index in [0.29, 0.717) is 17.8 Å². The van der Waals surface area contributed by atoms with Crippen molar-refractivity contribution in [2.45, 2.75) is 26.1 Å². The maximum absolute atomic E-state index is 13.4. The Hall–Kier alpha value is -1.47. The summed E-state index contributed by atoms with van der Waals surface area (Å²) in [6.07, 6.45) is -4.71. The number of hydrogen-bond acceptors (Lipinski definition) is 3. The van der Waals surface area contributed by atoms with Gasteiger partial charge in [0.15, 0.2) is 0 Å². The van der Waals surface area contributed by atoms with Crippen molar-refractivity contribution < 1.29 is 17.6 Å². The molecular weight excluding hydrogens is 304 g/mol. The molecule has 0 aliphatic heterocycles. The number of hydrogen-bond donors (Lipinski definition) is 1. The third-order valence-corrected chi connectivity index (χ3v) is 3.76. The lowest BCUT2D eigenvalue weighted by Crippen LogP contribution is -2.23. The molecule has 1 heterocycles. The van der Waals surface area contributed by atoms with Gasteiger partial charge in [0.2, 0.25) is 0 Å². The van der Waals surface area contributed by atoms with Crippen LogP contribution in [-0.2, 0) is 6.18 Å². The largest absolute Gasteiger partial charge is 0.419 e. The summed E-state index contributed by atoms with van der Waals surface area (Å²) in [7, 11) is 0. The Morgan fingerprint density at radius 2 is 2.05 bits per heavy atom. The van der Waals surface area contributed by atoms with Crippen molar-refractivity contribution in [1.29, 1.82) is 0 Å². The number of aromatic nitrogens is 1. The van der Waals surface area contributed by atoms with E-state index in [2.05, 4.69) is 10.3 Å². The summed E-state index contributed by atoms with van der Waals surface area (Å²) in [5, 5.41) is 5.70. The van der Waals surface area contributed by atoms with Crippen molar-refractivity contribution in [1.82, 2.24) is 10.3 Å². The summed E-state index contributed by atoms with van der Waals surface area (Å²) in [5.74, 6) is -1.27. The zero-order valence-corrected chi connectivity index (χ0v) is 12.3. The average molecular weight is 318 g/mol. The van der Waals surface area contributed by atoms with Gasteiger partial charge in [0.1, 0.15) is 5.82 Å². The molecule has 0 saturated heterocycles. The lowest BCUT2D eigenvalue weighted by atomic mass is 10.0. The van der Waals surface area contributed by atoms with Crippen molar-refractivity contribution in [3.05, 3.63) is 51.2 Å². The molecule has 1 unspecified atom stereocenters. The van der Waals surface area contributed by atoms with Crippen LogP contribution in [0, 0.1) is 12.7 Å². The van der Waals surface area contributed by atoms with E-state index in [0.717, 1.165) is 17.1 Å². The summed E-state index contributed by atoms with van der Waals surface area (Å²) in [5.41, 5.74) is -0.273. The van der Waals surface area contributed by atoms with Crippen LogP contribution >= 0.6 is 11.3 Å². The van der Waals surface area contributed by atoms with Gasteiger partial charge in [-0.2, -0.15) is 13.2 Å². The first-order chi connectivity index (χ1) is 9.82. The minimum absolute atomic E-state index is 0.343. The third-order valence-electron chi connectivity index (χ3n) is 2.97. The predicted octanol–water partition coefficient (Wildman–Crippen LogP) is 4.31. The molecule has 114 valence electrons. The Labute approximate surface area is 123 Å². The molecule has 2 rings (SSSR count). The highest BCUT2D eigenvalue weighted by molar-refractivity contribution is 7.09. The van der Waals surface area contributed by atoms with Gasteiger partial charge in [-0.1, -0.05) is 13.0 Å². The zero-order valence-electron chi connectivity index (χ0n) is 11.5. The van der Waals surface area contributed by atoms with Gasteiger partial charge in [-0.3, -0.25) is 0 Å². The fourth-order valence-corrected chi connectivity index (χ4v) is 2.69. The fourth-order valence-electron chi connectivity index (χ4n) is 2.05. The highest BCUT2D eigenvalue weighted by Crippen LogP contribution is 2.34. The molecule has 0 spiro atoms. The first-order valence-electron chi connectivity index (χ1n) is 6.35. The molecular formula is C14H14F4N2S. The monoisotopic (exact) mass is 318 g/mol. The molecule has 0 aliphatic carbocycles. The molecule has 1 N–H and O–H groups in total. The summed E-state index contributed by atoms with van der Waals surface area (Å²) >= 11 is 1.42. The number of nitrogens with zero attached hydrogens (tertiary/aromatic N) is 1. The average Bonchev–Trinajstić information content (AvgIpc) is 2.82. The van der Waals surface area contributed by atoms with E-state index >= 15 is 0 Å². The van der Waals surface area contributed by atoms with Gasteiger partial charge < -0.3 is 5.32 Å². The summed E-state index contributed by atoms with van der Waals surface area (Å²) in [6.45, 7) is 4.23. The third kappa shape index (κ3) is 3.59. The highest BCUT2D eigenvalue weighted by Gasteiger charge is 2.35.